The molecule has 0 bridgehead atoms. The van der Waals surface area contributed by atoms with Crippen LogP contribution in [0.4, 0.5) is 5.82 Å². The fourth-order valence-corrected chi connectivity index (χ4v) is 3.86. The van der Waals surface area contributed by atoms with Crippen LogP contribution >= 0.6 is 0 Å². The van der Waals surface area contributed by atoms with Crippen LogP contribution in [0.3, 0.4) is 0 Å². The topological polar surface area (TPSA) is 72.5 Å². The lowest BCUT2D eigenvalue weighted by Gasteiger charge is -2.16. The van der Waals surface area contributed by atoms with E-state index in [0.29, 0.717) is 11.6 Å². The Morgan fingerprint density at radius 2 is 1.83 bits per heavy atom. The van der Waals surface area contributed by atoms with Crippen molar-refractivity contribution in [1.29, 1.82) is 0 Å². The van der Waals surface area contributed by atoms with Crippen molar-refractivity contribution in [1.82, 2.24) is 10.3 Å². The number of pyridine rings is 1. The second-order valence-electron chi connectivity index (χ2n) is 7.74. The number of ether oxygens (including phenoxy) is 2. The Balaban J connectivity index is 1.34. The van der Waals surface area contributed by atoms with E-state index in [1.807, 2.05) is 43.4 Å². The number of carbonyl (C=O) groups excluding carboxylic acids is 1. The Bertz CT molecular complexity index is 1090. The minimum Gasteiger partial charge on any atom is -0.454 e. The summed E-state index contributed by atoms with van der Waals surface area (Å²) in [6, 6.07) is 19.7. The van der Waals surface area contributed by atoms with Gasteiger partial charge in [0.2, 0.25) is 12.7 Å². The van der Waals surface area contributed by atoms with Crippen LogP contribution in [0.1, 0.15) is 24.0 Å². The van der Waals surface area contributed by atoms with Gasteiger partial charge in [-0.2, -0.15) is 0 Å². The standard InChI is InChI=1S/C24H23N3O3/c1-25-14-16-5-7-17(8-6-16)19-3-2-4-22(26-19)27-23(28)24(11-12-24)18-9-10-20-21(13-18)30-15-29-20/h2-10,13,25H,11-12,14-15H2,1H3,(H,26,27,28). The first-order valence-corrected chi connectivity index (χ1v) is 10.1. The molecule has 1 fully saturated rings. The monoisotopic (exact) mass is 401 g/mol. The molecule has 2 heterocycles. The lowest BCUT2D eigenvalue weighted by molar-refractivity contribution is -0.118. The first kappa shape index (κ1) is 18.6. The highest BCUT2D eigenvalue weighted by molar-refractivity contribution is 6.01. The van der Waals surface area contributed by atoms with E-state index >= 15 is 0 Å². The van der Waals surface area contributed by atoms with Gasteiger partial charge in [0.05, 0.1) is 11.1 Å². The molecule has 30 heavy (non-hydrogen) atoms. The number of hydrogen-bond donors (Lipinski definition) is 2. The number of hydrogen-bond acceptors (Lipinski definition) is 5. The van der Waals surface area contributed by atoms with Gasteiger partial charge >= 0.3 is 0 Å². The third-order valence-electron chi connectivity index (χ3n) is 5.73. The van der Waals surface area contributed by atoms with E-state index in [-0.39, 0.29) is 12.7 Å². The van der Waals surface area contributed by atoms with Crippen LogP contribution in [0.2, 0.25) is 0 Å². The average molecular weight is 401 g/mol. The average Bonchev–Trinajstić information content (AvgIpc) is 3.46. The minimum atomic E-state index is -0.520. The summed E-state index contributed by atoms with van der Waals surface area (Å²) in [5, 5.41) is 6.16. The number of carbonyl (C=O) groups is 1. The third-order valence-corrected chi connectivity index (χ3v) is 5.73. The highest BCUT2D eigenvalue weighted by Crippen LogP contribution is 2.51. The number of benzene rings is 2. The summed E-state index contributed by atoms with van der Waals surface area (Å²) in [6.07, 6.45) is 1.62. The molecule has 3 aromatic rings. The first-order chi connectivity index (χ1) is 14.7. The van der Waals surface area contributed by atoms with Gasteiger partial charge in [-0.05, 0) is 55.3 Å². The highest BCUT2D eigenvalue weighted by atomic mass is 16.7. The predicted octanol–water partition coefficient (Wildman–Crippen LogP) is 3.87. The van der Waals surface area contributed by atoms with Crippen molar-refractivity contribution in [3.63, 3.8) is 0 Å². The lowest BCUT2D eigenvalue weighted by Crippen LogP contribution is -2.28. The fourth-order valence-electron chi connectivity index (χ4n) is 3.86. The van der Waals surface area contributed by atoms with Crippen molar-refractivity contribution in [2.75, 3.05) is 19.2 Å². The van der Waals surface area contributed by atoms with Gasteiger partial charge in [-0.3, -0.25) is 4.79 Å². The van der Waals surface area contributed by atoms with Gasteiger partial charge in [-0.1, -0.05) is 36.4 Å². The molecule has 152 valence electrons. The number of nitrogens with one attached hydrogen (secondary N) is 2. The molecule has 0 radical (unpaired) electrons. The molecule has 0 saturated heterocycles. The summed E-state index contributed by atoms with van der Waals surface area (Å²) in [5.74, 6) is 1.96. The van der Waals surface area contributed by atoms with Crippen molar-refractivity contribution >= 4 is 11.7 Å². The van der Waals surface area contributed by atoms with Crippen LogP contribution in [0, 0.1) is 0 Å². The molecule has 1 amide bonds. The lowest BCUT2D eigenvalue weighted by atomic mass is 9.94. The van der Waals surface area contributed by atoms with Gasteiger partial charge < -0.3 is 20.1 Å². The van der Waals surface area contributed by atoms with Crippen LogP contribution in [0.5, 0.6) is 11.5 Å². The smallest absolute Gasteiger partial charge is 0.236 e. The summed E-state index contributed by atoms with van der Waals surface area (Å²) >= 11 is 0. The zero-order chi connectivity index (χ0) is 20.6. The van der Waals surface area contributed by atoms with Crippen LogP contribution < -0.4 is 20.1 Å². The number of rotatable bonds is 6. The normalized spacial score (nSPS) is 15.6. The molecule has 2 aliphatic rings. The van der Waals surface area contributed by atoms with E-state index in [2.05, 4.69) is 39.9 Å². The van der Waals surface area contributed by atoms with Gasteiger partial charge in [0.1, 0.15) is 5.82 Å². The van der Waals surface area contributed by atoms with E-state index in [0.717, 1.165) is 42.0 Å². The zero-order valence-corrected chi connectivity index (χ0v) is 16.8. The maximum Gasteiger partial charge on any atom is 0.236 e. The van der Waals surface area contributed by atoms with E-state index in [1.54, 1.807) is 0 Å². The number of fused-ring (bicyclic) bond motifs is 1. The van der Waals surface area contributed by atoms with Crippen LogP contribution in [0.25, 0.3) is 11.3 Å². The molecule has 0 atom stereocenters. The molecule has 2 aromatic carbocycles. The number of nitrogens with zero attached hydrogens (tertiary/aromatic N) is 1. The quantitative estimate of drug-likeness (QED) is 0.656. The molecule has 1 saturated carbocycles. The minimum absolute atomic E-state index is 0.0321. The largest absolute Gasteiger partial charge is 0.454 e. The van der Waals surface area contributed by atoms with Crippen molar-refractivity contribution in [3.8, 4) is 22.8 Å². The summed E-state index contributed by atoms with van der Waals surface area (Å²) in [5.41, 5.74) is 3.50. The predicted molar refractivity (Wildman–Crippen MR) is 115 cm³/mol. The summed E-state index contributed by atoms with van der Waals surface area (Å²) < 4.78 is 10.9. The van der Waals surface area contributed by atoms with Crippen molar-refractivity contribution < 1.29 is 14.3 Å². The van der Waals surface area contributed by atoms with E-state index < -0.39 is 5.41 Å². The third kappa shape index (κ3) is 3.39. The molecule has 0 spiro atoms. The molecular formula is C24H23N3O3. The van der Waals surface area contributed by atoms with Crippen LogP contribution in [-0.2, 0) is 16.8 Å². The highest BCUT2D eigenvalue weighted by Gasteiger charge is 2.51. The van der Waals surface area contributed by atoms with Crippen LogP contribution in [0.15, 0.2) is 60.7 Å². The van der Waals surface area contributed by atoms with Crippen molar-refractivity contribution in [3.05, 3.63) is 71.8 Å². The van der Waals surface area contributed by atoms with E-state index in [9.17, 15) is 4.79 Å². The Labute approximate surface area is 175 Å². The van der Waals surface area contributed by atoms with E-state index in [1.165, 1.54) is 5.56 Å². The van der Waals surface area contributed by atoms with Gasteiger partial charge in [0, 0.05) is 12.1 Å². The molecule has 6 nitrogen and oxygen atoms in total. The van der Waals surface area contributed by atoms with Gasteiger partial charge in [0.25, 0.3) is 0 Å². The molecule has 1 aliphatic heterocycles. The Hall–Kier alpha value is -3.38. The fraction of sp³-hybridized carbons (Fsp3) is 0.250. The summed E-state index contributed by atoms with van der Waals surface area (Å²) in [6.45, 7) is 1.05. The molecule has 2 N–H and O–H groups in total. The number of amides is 1. The molecular weight excluding hydrogens is 378 g/mol. The molecule has 6 heteroatoms. The number of aromatic nitrogens is 1. The SMILES string of the molecule is CNCc1ccc(-c2cccc(NC(=O)C3(c4ccc5c(c4)OCO5)CC3)n2)cc1. The second kappa shape index (κ2) is 7.46. The van der Waals surface area contributed by atoms with Gasteiger partial charge in [-0.25, -0.2) is 4.98 Å². The molecule has 0 unspecified atom stereocenters. The Kier molecular flexibility index (Phi) is 4.64. The Morgan fingerprint density at radius 3 is 2.60 bits per heavy atom. The number of anilines is 1. The maximum absolute atomic E-state index is 13.1. The van der Waals surface area contributed by atoms with Gasteiger partial charge in [-0.15, -0.1) is 0 Å². The van der Waals surface area contributed by atoms with Gasteiger partial charge in [0.15, 0.2) is 11.5 Å². The summed E-state index contributed by atoms with van der Waals surface area (Å²) in [7, 11) is 1.93. The first-order valence-electron chi connectivity index (χ1n) is 10.1. The second-order valence-corrected chi connectivity index (χ2v) is 7.74. The zero-order valence-electron chi connectivity index (χ0n) is 16.8. The maximum atomic E-state index is 13.1. The van der Waals surface area contributed by atoms with Crippen molar-refractivity contribution in [2.45, 2.75) is 24.8 Å². The molecule has 1 aromatic heterocycles. The van der Waals surface area contributed by atoms with Crippen molar-refractivity contribution in [2.24, 2.45) is 0 Å². The molecule has 1 aliphatic carbocycles. The molecule has 5 rings (SSSR count). The van der Waals surface area contributed by atoms with Crippen LogP contribution in [-0.4, -0.2) is 24.7 Å². The Morgan fingerprint density at radius 1 is 1.03 bits per heavy atom. The summed E-state index contributed by atoms with van der Waals surface area (Å²) in [4.78, 5) is 17.8. The van der Waals surface area contributed by atoms with E-state index in [4.69, 9.17) is 9.47 Å².